The fourth-order valence-corrected chi connectivity index (χ4v) is 4.77. The molecule has 1 aliphatic carbocycles. The molecule has 0 spiro atoms. The van der Waals surface area contributed by atoms with Gasteiger partial charge in [0.1, 0.15) is 18.0 Å². The van der Waals surface area contributed by atoms with E-state index >= 15 is 0 Å². The second-order valence-electron chi connectivity index (χ2n) is 8.44. The van der Waals surface area contributed by atoms with Crippen molar-refractivity contribution >= 4 is 17.2 Å². The number of pyridine rings is 1. The first-order valence-corrected chi connectivity index (χ1v) is 10.6. The molecule has 31 heavy (non-hydrogen) atoms. The van der Waals surface area contributed by atoms with Gasteiger partial charge < -0.3 is 19.7 Å². The van der Waals surface area contributed by atoms with E-state index in [1.165, 1.54) is 12.3 Å². The smallest absolute Gasteiger partial charge is 0.218 e. The Morgan fingerprint density at radius 2 is 2.16 bits per heavy atom. The predicted octanol–water partition coefficient (Wildman–Crippen LogP) is 2.92. The lowest BCUT2D eigenvalue weighted by molar-refractivity contribution is 0.167. The Labute approximate surface area is 178 Å². The first-order chi connectivity index (χ1) is 15.1. The monoisotopic (exact) mass is 422 g/mol. The maximum atomic E-state index is 14.2. The lowest BCUT2D eigenvalue weighted by Crippen LogP contribution is -2.47. The van der Waals surface area contributed by atoms with Crippen LogP contribution in [0.15, 0.2) is 31.2 Å². The van der Waals surface area contributed by atoms with E-state index < -0.39 is 0 Å². The summed E-state index contributed by atoms with van der Waals surface area (Å²) in [5, 5.41) is 7.76. The van der Waals surface area contributed by atoms with Gasteiger partial charge in [-0.15, -0.1) is 0 Å². The number of nitrogens with one attached hydrogen (secondary N) is 1. The minimum atomic E-state index is -0.385. The minimum Gasteiger partial charge on any atom is -0.483 e. The van der Waals surface area contributed by atoms with Crippen LogP contribution in [-0.2, 0) is 6.54 Å². The molecule has 8 nitrogen and oxygen atoms in total. The van der Waals surface area contributed by atoms with E-state index in [0.29, 0.717) is 41.6 Å². The molecule has 1 saturated carbocycles. The minimum absolute atomic E-state index is 0.0684. The molecule has 3 aliphatic rings. The summed E-state index contributed by atoms with van der Waals surface area (Å²) in [6, 6.07) is 1.66. The van der Waals surface area contributed by atoms with Crippen molar-refractivity contribution in [3.05, 3.63) is 48.2 Å². The third kappa shape index (κ3) is 2.98. The molecule has 9 heteroatoms. The van der Waals surface area contributed by atoms with E-state index in [9.17, 15) is 4.39 Å². The van der Waals surface area contributed by atoms with Gasteiger partial charge in [-0.05, 0) is 32.3 Å². The standard InChI is InChI=1S/C22H23FN6O2/c1-12-7-24-13(2)16-9-26-29-11-19-21(27-20(16)29)28(17-4-3-5-18(17)31-19)10-14-6-15(23)8-25-22(14)30-12/h6,8-9,11-12,17-18,24H,2-5,7,10H2,1H3/t12-,17+,18-/m0/s1. The molecule has 3 aromatic heterocycles. The van der Waals surface area contributed by atoms with Gasteiger partial charge in [0.2, 0.25) is 5.88 Å². The molecule has 0 unspecified atom stereocenters. The van der Waals surface area contributed by atoms with Crippen LogP contribution >= 0.6 is 0 Å². The fraction of sp³-hybridized carbons (Fsp3) is 0.409. The van der Waals surface area contributed by atoms with Crippen molar-refractivity contribution in [2.45, 2.75) is 51.0 Å². The van der Waals surface area contributed by atoms with Crippen LogP contribution < -0.4 is 19.7 Å². The Hall–Kier alpha value is -3.36. The zero-order valence-corrected chi connectivity index (χ0v) is 17.2. The topological polar surface area (TPSA) is 76.8 Å². The molecule has 6 rings (SSSR count). The number of ether oxygens (including phenoxy) is 2. The number of anilines is 1. The van der Waals surface area contributed by atoms with Crippen LogP contribution in [0.3, 0.4) is 0 Å². The Morgan fingerprint density at radius 3 is 3.06 bits per heavy atom. The summed E-state index contributed by atoms with van der Waals surface area (Å²) in [6.45, 7) is 7.06. The van der Waals surface area contributed by atoms with Crippen LogP contribution in [0.2, 0.25) is 0 Å². The van der Waals surface area contributed by atoms with Crippen molar-refractivity contribution in [2.75, 3.05) is 11.4 Å². The van der Waals surface area contributed by atoms with Crippen LogP contribution in [0.1, 0.15) is 37.3 Å². The lowest BCUT2D eigenvalue weighted by Gasteiger charge is -2.39. The first kappa shape index (κ1) is 18.4. The Morgan fingerprint density at radius 1 is 1.26 bits per heavy atom. The van der Waals surface area contributed by atoms with Crippen molar-refractivity contribution < 1.29 is 13.9 Å². The van der Waals surface area contributed by atoms with Gasteiger partial charge in [-0.1, -0.05) is 6.58 Å². The van der Waals surface area contributed by atoms with Gasteiger partial charge in [-0.2, -0.15) is 5.10 Å². The van der Waals surface area contributed by atoms with E-state index in [4.69, 9.17) is 14.5 Å². The van der Waals surface area contributed by atoms with Gasteiger partial charge in [0.25, 0.3) is 0 Å². The molecule has 1 N–H and O–H groups in total. The SMILES string of the molecule is C=C1NC[C@H](C)Oc2ncc(F)cc2CN2c3nc4c1cnn4cc3O[C@H]1CCC[C@H]12. The summed E-state index contributed by atoms with van der Waals surface area (Å²) < 4.78 is 28.3. The number of hydrogen-bond donors (Lipinski definition) is 1. The summed E-state index contributed by atoms with van der Waals surface area (Å²) in [6.07, 6.45) is 7.74. The zero-order valence-electron chi connectivity index (χ0n) is 17.2. The fourth-order valence-electron chi connectivity index (χ4n) is 4.77. The summed E-state index contributed by atoms with van der Waals surface area (Å²) in [5.41, 5.74) is 2.93. The molecule has 0 radical (unpaired) electrons. The highest BCUT2D eigenvalue weighted by Gasteiger charge is 2.41. The number of hydrogen-bond acceptors (Lipinski definition) is 7. The van der Waals surface area contributed by atoms with Crippen LogP contribution in [0, 0.1) is 5.82 Å². The highest BCUT2D eigenvalue weighted by molar-refractivity contribution is 5.75. The number of nitrogens with zero attached hydrogens (tertiary/aromatic N) is 5. The molecule has 2 bridgehead atoms. The van der Waals surface area contributed by atoms with E-state index in [1.807, 2.05) is 13.1 Å². The lowest BCUT2D eigenvalue weighted by atomic mass is 10.1. The third-order valence-electron chi connectivity index (χ3n) is 6.28. The molecule has 3 aromatic rings. The third-order valence-corrected chi connectivity index (χ3v) is 6.28. The van der Waals surface area contributed by atoms with Crippen molar-refractivity contribution in [3.8, 4) is 11.6 Å². The van der Waals surface area contributed by atoms with Gasteiger partial charge in [0.15, 0.2) is 17.2 Å². The second kappa shape index (κ2) is 6.83. The average molecular weight is 422 g/mol. The van der Waals surface area contributed by atoms with E-state index in [-0.39, 0.29) is 24.1 Å². The molecule has 0 saturated heterocycles. The highest BCUT2D eigenvalue weighted by Crippen LogP contribution is 2.42. The first-order valence-electron chi connectivity index (χ1n) is 10.6. The molecule has 3 atom stereocenters. The predicted molar refractivity (Wildman–Crippen MR) is 113 cm³/mol. The molecular weight excluding hydrogens is 399 g/mol. The summed E-state index contributed by atoms with van der Waals surface area (Å²) >= 11 is 0. The summed E-state index contributed by atoms with van der Waals surface area (Å²) in [7, 11) is 0. The quantitative estimate of drug-likeness (QED) is 0.597. The van der Waals surface area contributed by atoms with Crippen molar-refractivity contribution in [1.29, 1.82) is 0 Å². The van der Waals surface area contributed by atoms with Gasteiger partial charge in [0.05, 0.1) is 43.3 Å². The number of halogens is 1. The highest BCUT2D eigenvalue weighted by atomic mass is 19.1. The second-order valence-corrected chi connectivity index (χ2v) is 8.44. The van der Waals surface area contributed by atoms with Crippen LogP contribution in [-0.4, -0.2) is 44.4 Å². The van der Waals surface area contributed by atoms with Gasteiger partial charge in [0, 0.05) is 11.3 Å². The summed E-state index contributed by atoms with van der Waals surface area (Å²) in [4.78, 5) is 11.4. The van der Waals surface area contributed by atoms with Crippen LogP contribution in [0.4, 0.5) is 10.2 Å². The van der Waals surface area contributed by atoms with Crippen molar-refractivity contribution in [1.82, 2.24) is 24.9 Å². The van der Waals surface area contributed by atoms with E-state index in [0.717, 1.165) is 30.6 Å². The van der Waals surface area contributed by atoms with Crippen molar-refractivity contribution in [3.63, 3.8) is 0 Å². The molecule has 0 aromatic carbocycles. The maximum Gasteiger partial charge on any atom is 0.218 e. The van der Waals surface area contributed by atoms with Gasteiger partial charge >= 0.3 is 0 Å². The molecule has 1 fully saturated rings. The Balaban J connectivity index is 1.56. The Kier molecular flexibility index (Phi) is 4.06. The largest absolute Gasteiger partial charge is 0.483 e. The van der Waals surface area contributed by atoms with Crippen LogP contribution in [0.5, 0.6) is 11.6 Å². The molecule has 160 valence electrons. The Bertz CT molecular complexity index is 1190. The zero-order chi connectivity index (χ0) is 21.1. The van der Waals surface area contributed by atoms with Crippen LogP contribution in [0.25, 0.3) is 11.3 Å². The molecule has 0 amide bonds. The van der Waals surface area contributed by atoms with Gasteiger partial charge in [-0.3, -0.25) is 0 Å². The molecule has 2 aliphatic heterocycles. The molecular formula is C22H23FN6O2. The number of fused-ring (bicyclic) bond motifs is 3. The molecule has 5 heterocycles. The van der Waals surface area contributed by atoms with E-state index in [2.05, 4.69) is 26.9 Å². The summed E-state index contributed by atoms with van der Waals surface area (Å²) in [5.74, 6) is 1.46. The van der Waals surface area contributed by atoms with Crippen molar-refractivity contribution in [2.24, 2.45) is 0 Å². The van der Waals surface area contributed by atoms with Gasteiger partial charge in [-0.25, -0.2) is 18.9 Å². The maximum absolute atomic E-state index is 14.2. The number of rotatable bonds is 0. The average Bonchev–Trinajstić information content (AvgIpc) is 3.38. The van der Waals surface area contributed by atoms with E-state index in [1.54, 1.807) is 10.7 Å². The number of aromatic nitrogens is 4. The normalized spacial score (nSPS) is 24.9.